The van der Waals surface area contributed by atoms with Gasteiger partial charge in [-0.3, -0.25) is 4.79 Å². The normalized spacial score (nSPS) is 22.4. The molecule has 1 aromatic rings. The third-order valence-corrected chi connectivity index (χ3v) is 7.52. The molecule has 0 aromatic carbocycles. The molecule has 26 heavy (non-hydrogen) atoms. The van der Waals surface area contributed by atoms with Crippen molar-refractivity contribution < 1.29 is 4.79 Å². The van der Waals surface area contributed by atoms with Crippen molar-refractivity contribution in [3.05, 3.63) is 23.9 Å². The number of carbonyl (C=O) groups is 1. The minimum absolute atomic E-state index is 0.0257. The van der Waals surface area contributed by atoms with Gasteiger partial charge in [0, 0.05) is 15.8 Å². The van der Waals surface area contributed by atoms with E-state index in [1.165, 1.54) is 0 Å². The Bertz CT molecular complexity index is 623. The molecule has 144 valence electrons. The molecular weight excluding hydrogens is 380 g/mol. The highest BCUT2D eigenvalue weighted by molar-refractivity contribution is 8.01. The molecule has 1 aliphatic heterocycles. The van der Waals surface area contributed by atoms with Gasteiger partial charge in [0.25, 0.3) is 0 Å². The van der Waals surface area contributed by atoms with E-state index < -0.39 is 0 Å². The molecule has 0 bridgehead atoms. The summed E-state index contributed by atoms with van der Waals surface area (Å²) >= 11 is 5.07. The second kappa shape index (κ2) is 10.7. The molecule has 2 heterocycles. The number of rotatable bonds is 8. The summed E-state index contributed by atoms with van der Waals surface area (Å²) in [4.78, 5) is 18.9. The van der Waals surface area contributed by atoms with Gasteiger partial charge in [-0.25, -0.2) is 4.98 Å². The molecular formula is C20H30N2OS3. The highest BCUT2D eigenvalue weighted by Gasteiger charge is 2.32. The van der Waals surface area contributed by atoms with Crippen LogP contribution in [-0.4, -0.2) is 33.9 Å². The summed E-state index contributed by atoms with van der Waals surface area (Å²) < 4.78 is 0. The van der Waals surface area contributed by atoms with Crippen molar-refractivity contribution in [1.29, 1.82) is 0 Å². The highest BCUT2D eigenvalue weighted by atomic mass is 32.2. The predicted molar refractivity (Wildman–Crippen MR) is 119 cm³/mol. The highest BCUT2D eigenvalue weighted by Crippen LogP contribution is 2.38. The molecule has 1 amide bonds. The molecule has 1 N–H and O–H groups in total. The molecule has 2 rings (SSSR count). The van der Waals surface area contributed by atoms with Crippen LogP contribution in [0.1, 0.15) is 45.2 Å². The van der Waals surface area contributed by atoms with Crippen molar-refractivity contribution in [3.63, 3.8) is 0 Å². The molecule has 1 unspecified atom stereocenters. The maximum absolute atomic E-state index is 13.2. The second-order valence-corrected chi connectivity index (χ2v) is 9.59. The van der Waals surface area contributed by atoms with Crippen LogP contribution < -0.4 is 5.32 Å². The zero-order valence-corrected chi connectivity index (χ0v) is 18.8. The van der Waals surface area contributed by atoms with Crippen LogP contribution in [0, 0.1) is 12.8 Å². The van der Waals surface area contributed by atoms with E-state index in [2.05, 4.69) is 42.4 Å². The van der Waals surface area contributed by atoms with E-state index in [0.29, 0.717) is 11.2 Å². The fraction of sp³-hybridized carbons (Fsp3) is 0.600. The molecule has 0 saturated carbocycles. The van der Waals surface area contributed by atoms with Crippen molar-refractivity contribution in [2.24, 2.45) is 5.92 Å². The number of nitrogens with zero attached hydrogens (tertiary/aromatic N) is 1. The molecule has 0 saturated heterocycles. The Balaban J connectivity index is 2.25. The number of anilines is 1. The predicted octanol–water partition coefficient (Wildman–Crippen LogP) is 6.03. The summed E-state index contributed by atoms with van der Waals surface area (Å²) in [5, 5.41) is 4.55. The Hall–Kier alpha value is -0.590. The van der Waals surface area contributed by atoms with Gasteiger partial charge in [0.2, 0.25) is 5.91 Å². The number of allylic oxidation sites excluding steroid dienone is 1. The maximum Gasteiger partial charge on any atom is 0.238 e. The smallest absolute Gasteiger partial charge is 0.238 e. The third-order valence-electron chi connectivity index (χ3n) is 4.48. The van der Waals surface area contributed by atoms with Crippen LogP contribution in [0.5, 0.6) is 0 Å². The van der Waals surface area contributed by atoms with Gasteiger partial charge in [-0.05, 0) is 44.3 Å². The number of nitrogens with one attached hydrogen (secondary N) is 1. The first kappa shape index (κ1) is 21.7. The number of aryl methyl sites for hydroxylation is 1. The summed E-state index contributed by atoms with van der Waals surface area (Å²) in [6.07, 6.45) is 13.1. The summed E-state index contributed by atoms with van der Waals surface area (Å²) in [6.45, 7) is 6.39. The van der Waals surface area contributed by atoms with Crippen molar-refractivity contribution in [3.8, 4) is 0 Å². The van der Waals surface area contributed by atoms with Crippen LogP contribution in [0.4, 0.5) is 5.69 Å². The lowest BCUT2D eigenvalue weighted by atomic mass is 9.96. The number of amides is 1. The SMILES string of the molecule is CCC[C@H]1C=C[C@@H](CCC)SC1C(=O)Nc1c(SC)cc(C)nc1SC. The van der Waals surface area contributed by atoms with Crippen molar-refractivity contribution in [2.75, 3.05) is 17.8 Å². The minimum Gasteiger partial charge on any atom is -0.322 e. The van der Waals surface area contributed by atoms with Gasteiger partial charge in [0.15, 0.2) is 0 Å². The Morgan fingerprint density at radius 3 is 2.54 bits per heavy atom. The first-order chi connectivity index (χ1) is 12.5. The van der Waals surface area contributed by atoms with Gasteiger partial charge in [-0.1, -0.05) is 38.8 Å². The minimum atomic E-state index is -0.0257. The average molecular weight is 411 g/mol. The van der Waals surface area contributed by atoms with E-state index in [0.717, 1.165) is 47.0 Å². The summed E-state index contributed by atoms with van der Waals surface area (Å²) in [7, 11) is 0. The lowest BCUT2D eigenvalue weighted by molar-refractivity contribution is -0.116. The Labute approximate surface area is 171 Å². The lowest BCUT2D eigenvalue weighted by Gasteiger charge is -2.31. The second-order valence-electron chi connectivity index (χ2n) is 6.56. The van der Waals surface area contributed by atoms with Gasteiger partial charge in [-0.2, -0.15) is 0 Å². The van der Waals surface area contributed by atoms with Crippen LogP contribution in [0.15, 0.2) is 28.1 Å². The quantitative estimate of drug-likeness (QED) is 0.419. The van der Waals surface area contributed by atoms with Crippen LogP contribution in [0.25, 0.3) is 0 Å². The number of pyridine rings is 1. The van der Waals surface area contributed by atoms with Gasteiger partial charge in [0.1, 0.15) is 5.03 Å². The van der Waals surface area contributed by atoms with E-state index in [1.807, 2.05) is 31.2 Å². The van der Waals surface area contributed by atoms with Gasteiger partial charge >= 0.3 is 0 Å². The Kier molecular flexibility index (Phi) is 8.91. The molecule has 0 fully saturated rings. The molecule has 3 atom stereocenters. The monoisotopic (exact) mass is 410 g/mol. The van der Waals surface area contributed by atoms with Crippen LogP contribution >= 0.6 is 35.3 Å². The molecule has 1 aliphatic rings. The topological polar surface area (TPSA) is 42.0 Å². The maximum atomic E-state index is 13.2. The first-order valence-corrected chi connectivity index (χ1v) is 12.7. The summed E-state index contributed by atoms with van der Waals surface area (Å²) in [5.74, 6) is 0.433. The molecule has 0 radical (unpaired) electrons. The van der Waals surface area contributed by atoms with Gasteiger partial charge in [0.05, 0.1) is 10.9 Å². The van der Waals surface area contributed by atoms with E-state index >= 15 is 0 Å². The molecule has 6 heteroatoms. The fourth-order valence-electron chi connectivity index (χ4n) is 3.22. The van der Waals surface area contributed by atoms with Crippen molar-refractivity contribution >= 4 is 46.9 Å². The van der Waals surface area contributed by atoms with Gasteiger partial charge < -0.3 is 5.32 Å². The number of aromatic nitrogens is 1. The molecule has 0 spiro atoms. The van der Waals surface area contributed by atoms with Gasteiger partial charge in [-0.15, -0.1) is 35.3 Å². The number of carbonyl (C=O) groups excluding carboxylic acids is 1. The van der Waals surface area contributed by atoms with Crippen LogP contribution in [0.3, 0.4) is 0 Å². The average Bonchev–Trinajstić information content (AvgIpc) is 2.64. The Morgan fingerprint density at radius 2 is 1.92 bits per heavy atom. The number of hydrogen-bond acceptors (Lipinski definition) is 5. The third kappa shape index (κ3) is 5.46. The Morgan fingerprint density at radius 1 is 1.19 bits per heavy atom. The number of thioether (sulfide) groups is 3. The molecule has 1 aromatic heterocycles. The lowest BCUT2D eigenvalue weighted by Crippen LogP contribution is -2.35. The zero-order chi connectivity index (χ0) is 19.1. The van der Waals surface area contributed by atoms with Crippen molar-refractivity contribution in [2.45, 2.75) is 66.9 Å². The largest absolute Gasteiger partial charge is 0.322 e. The van der Waals surface area contributed by atoms with E-state index in [-0.39, 0.29) is 11.2 Å². The van der Waals surface area contributed by atoms with Crippen LogP contribution in [-0.2, 0) is 4.79 Å². The first-order valence-electron chi connectivity index (χ1n) is 9.28. The van der Waals surface area contributed by atoms with E-state index in [9.17, 15) is 4.79 Å². The molecule has 3 nitrogen and oxygen atoms in total. The standard InChI is InChI=1S/C20H30N2OS3/c1-6-8-14-10-11-15(9-7-2)26-18(14)19(23)22-17-16(24-4)12-13(3)21-20(17)25-5/h10-12,14-15,18H,6-9H2,1-5H3,(H,22,23)/t14-,15+,18?/m0/s1. The zero-order valence-electron chi connectivity index (χ0n) is 16.4. The van der Waals surface area contributed by atoms with E-state index in [4.69, 9.17) is 0 Å². The summed E-state index contributed by atoms with van der Waals surface area (Å²) in [6, 6.07) is 2.05. The fourth-order valence-corrected chi connectivity index (χ4v) is 6.07. The van der Waals surface area contributed by atoms with E-state index in [1.54, 1.807) is 23.5 Å². The molecule has 0 aliphatic carbocycles. The summed E-state index contributed by atoms with van der Waals surface area (Å²) in [5.41, 5.74) is 1.86. The van der Waals surface area contributed by atoms with Crippen LogP contribution in [0.2, 0.25) is 0 Å². The number of hydrogen-bond donors (Lipinski definition) is 1. The van der Waals surface area contributed by atoms with Crippen molar-refractivity contribution in [1.82, 2.24) is 4.98 Å².